The topological polar surface area (TPSA) is 34.1 Å². The second-order valence-electron chi connectivity index (χ2n) is 5.37. The molecule has 2 nitrogen and oxygen atoms in total. The Morgan fingerprint density at radius 3 is 1.77 bits per heavy atom. The highest BCUT2D eigenvalue weighted by molar-refractivity contribution is 6.30. The molecule has 0 aliphatic rings. The van der Waals surface area contributed by atoms with Gasteiger partial charge in [-0.05, 0) is 36.1 Å². The highest BCUT2D eigenvalue weighted by Crippen LogP contribution is 2.12. The maximum absolute atomic E-state index is 11.9. The van der Waals surface area contributed by atoms with Gasteiger partial charge in [-0.1, -0.05) is 54.1 Å². The van der Waals surface area contributed by atoms with E-state index in [1.54, 1.807) is 0 Å². The monoisotopic (exact) mass is 314 g/mol. The Balaban J connectivity index is 1.70. The van der Waals surface area contributed by atoms with E-state index in [9.17, 15) is 9.59 Å². The number of hydrogen-bond acceptors (Lipinski definition) is 2. The van der Waals surface area contributed by atoms with Crippen LogP contribution in [0, 0.1) is 0 Å². The molecule has 22 heavy (non-hydrogen) atoms. The van der Waals surface area contributed by atoms with Crippen LogP contribution in [0.2, 0.25) is 5.02 Å². The predicted octanol–water partition coefficient (Wildman–Crippen LogP) is 4.43. The molecular formula is C19H19ClO2. The van der Waals surface area contributed by atoms with E-state index in [-0.39, 0.29) is 18.0 Å². The van der Waals surface area contributed by atoms with E-state index in [4.69, 9.17) is 11.6 Å². The van der Waals surface area contributed by atoms with Gasteiger partial charge in [0.05, 0.1) is 6.42 Å². The van der Waals surface area contributed by atoms with Gasteiger partial charge < -0.3 is 0 Å². The Bertz CT molecular complexity index is 618. The minimum Gasteiger partial charge on any atom is -0.299 e. The first-order valence-corrected chi connectivity index (χ1v) is 7.83. The Kier molecular flexibility index (Phi) is 6.35. The first kappa shape index (κ1) is 16.4. The van der Waals surface area contributed by atoms with Crippen LogP contribution in [0.4, 0.5) is 0 Å². The third-order valence-electron chi connectivity index (χ3n) is 3.54. The van der Waals surface area contributed by atoms with Gasteiger partial charge in [0.2, 0.25) is 0 Å². The lowest BCUT2D eigenvalue weighted by Crippen LogP contribution is -2.09. The van der Waals surface area contributed by atoms with Gasteiger partial charge in [-0.15, -0.1) is 0 Å². The summed E-state index contributed by atoms with van der Waals surface area (Å²) in [6.07, 6.45) is 2.22. The second kappa shape index (κ2) is 8.50. The first-order valence-electron chi connectivity index (χ1n) is 7.45. The maximum atomic E-state index is 11.9. The lowest BCUT2D eigenvalue weighted by molar-refractivity contribution is -0.126. The summed E-state index contributed by atoms with van der Waals surface area (Å²) in [5, 5.41) is 0.686. The molecule has 0 unspecified atom stereocenters. The second-order valence-corrected chi connectivity index (χ2v) is 5.80. The van der Waals surface area contributed by atoms with Crippen molar-refractivity contribution in [1.82, 2.24) is 0 Å². The summed E-state index contributed by atoms with van der Waals surface area (Å²) < 4.78 is 0. The van der Waals surface area contributed by atoms with E-state index < -0.39 is 0 Å². The third kappa shape index (κ3) is 5.82. The Hall–Kier alpha value is -1.93. The fourth-order valence-electron chi connectivity index (χ4n) is 2.26. The molecule has 2 aromatic rings. The molecule has 2 aromatic carbocycles. The minimum atomic E-state index is 0.00742. The van der Waals surface area contributed by atoms with Crippen molar-refractivity contribution in [3.8, 4) is 0 Å². The number of ketones is 2. The number of hydrogen-bond donors (Lipinski definition) is 0. The molecule has 0 saturated carbocycles. The number of Topliss-reactive ketones (excluding diaryl/α,β-unsaturated/α-hetero) is 2. The van der Waals surface area contributed by atoms with Crippen LogP contribution in [0.3, 0.4) is 0 Å². The van der Waals surface area contributed by atoms with E-state index in [1.807, 2.05) is 54.6 Å². The molecule has 2 rings (SSSR count). The van der Waals surface area contributed by atoms with E-state index in [1.165, 1.54) is 0 Å². The average molecular weight is 315 g/mol. The minimum absolute atomic E-state index is 0.00742. The quantitative estimate of drug-likeness (QED) is 0.675. The van der Waals surface area contributed by atoms with Gasteiger partial charge in [0.25, 0.3) is 0 Å². The van der Waals surface area contributed by atoms with Crippen molar-refractivity contribution >= 4 is 23.2 Å². The van der Waals surface area contributed by atoms with Gasteiger partial charge in [0.15, 0.2) is 0 Å². The zero-order valence-corrected chi connectivity index (χ0v) is 13.2. The largest absolute Gasteiger partial charge is 0.299 e. The van der Waals surface area contributed by atoms with E-state index >= 15 is 0 Å². The summed E-state index contributed by atoms with van der Waals surface area (Å²) in [4.78, 5) is 23.7. The molecule has 3 heteroatoms. The van der Waals surface area contributed by atoms with Crippen LogP contribution in [-0.4, -0.2) is 11.6 Å². The molecule has 0 atom stereocenters. The number of benzene rings is 2. The van der Waals surface area contributed by atoms with Gasteiger partial charge in [-0.3, -0.25) is 9.59 Å². The number of carbonyl (C=O) groups is 2. The van der Waals surface area contributed by atoms with Crippen LogP contribution in [-0.2, 0) is 22.4 Å². The maximum Gasteiger partial charge on any atom is 0.140 e. The number of rotatable bonds is 8. The molecular weight excluding hydrogens is 296 g/mol. The molecule has 0 aliphatic heterocycles. The van der Waals surface area contributed by atoms with Crippen molar-refractivity contribution < 1.29 is 9.59 Å². The van der Waals surface area contributed by atoms with Gasteiger partial charge in [-0.2, -0.15) is 0 Å². The van der Waals surface area contributed by atoms with Crippen molar-refractivity contribution in [1.29, 1.82) is 0 Å². The Labute approximate surface area is 136 Å². The van der Waals surface area contributed by atoms with Crippen molar-refractivity contribution in [2.45, 2.75) is 32.1 Å². The van der Waals surface area contributed by atoms with Gasteiger partial charge in [0, 0.05) is 17.9 Å². The van der Waals surface area contributed by atoms with Crippen LogP contribution in [0.1, 0.15) is 30.4 Å². The van der Waals surface area contributed by atoms with E-state index in [0.717, 1.165) is 11.1 Å². The lowest BCUT2D eigenvalue weighted by atomic mass is 10.0. The van der Waals surface area contributed by atoms with Gasteiger partial charge in [0.1, 0.15) is 11.6 Å². The summed E-state index contributed by atoms with van der Waals surface area (Å²) in [6, 6.07) is 17.3. The molecule has 0 fully saturated rings. The zero-order valence-electron chi connectivity index (χ0n) is 12.4. The summed E-state index contributed by atoms with van der Waals surface area (Å²) in [7, 11) is 0. The Morgan fingerprint density at radius 2 is 1.23 bits per heavy atom. The molecule has 114 valence electrons. The smallest absolute Gasteiger partial charge is 0.140 e. The number of halogens is 1. The van der Waals surface area contributed by atoms with Crippen molar-refractivity contribution in [3.05, 3.63) is 70.7 Å². The summed E-state index contributed by atoms with van der Waals surface area (Å²) in [6.45, 7) is 0. The third-order valence-corrected chi connectivity index (χ3v) is 3.79. The molecule has 0 bridgehead atoms. The summed E-state index contributed by atoms with van der Waals surface area (Å²) in [5.41, 5.74) is 2.19. The first-order chi connectivity index (χ1) is 10.6. The van der Waals surface area contributed by atoms with Gasteiger partial charge >= 0.3 is 0 Å². The Morgan fingerprint density at radius 1 is 0.727 bits per heavy atom. The normalized spacial score (nSPS) is 10.4. The van der Waals surface area contributed by atoms with Crippen molar-refractivity contribution in [2.75, 3.05) is 0 Å². The lowest BCUT2D eigenvalue weighted by Gasteiger charge is -2.03. The number of carbonyl (C=O) groups excluding carboxylic acids is 2. The van der Waals surface area contributed by atoms with E-state index in [2.05, 4.69) is 0 Å². The van der Waals surface area contributed by atoms with Crippen molar-refractivity contribution in [2.24, 2.45) is 0 Å². The van der Waals surface area contributed by atoms with Crippen LogP contribution < -0.4 is 0 Å². The van der Waals surface area contributed by atoms with E-state index in [0.29, 0.717) is 30.7 Å². The molecule has 0 saturated heterocycles. The fourth-order valence-corrected chi connectivity index (χ4v) is 2.39. The van der Waals surface area contributed by atoms with Crippen LogP contribution >= 0.6 is 11.6 Å². The molecule has 0 aromatic heterocycles. The zero-order chi connectivity index (χ0) is 15.8. The molecule has 0 heterocycles. The molecule has 0 aliphatic carbocycles. The molecule has 0 N–H and O–H groups in total. The summed E-state index contributed by atoms with van der Waals surface area (Å²) >= 11 is 5.82. The van der Waals surface area contributed by atoms with Crippen molar-refractivity contribution in [3.63, 3.8) is 0 Å². The van der Waals surface area contributed by atoms with Gasteiger partial charge in [-0.25, -0.2) is 0 Å². The predicted molar refractivity (Wildman–Crippen MR) is 89.2 cm³/mol. The molecule has 0 amide bonds. The van der Waals surface area contributed by atoms with Crippen LogP contribution in [0.5, 0.6) is 0 Å². The fraction of sp³-hybridized carbons (Fsp3) is 0.263. The SMILES string of the molecule is O=C(CCc1ccccc1)CC(=O)CCc1ccc(Cl)cc1. The number of aryl methyl sites for hydroxylation is 2. The standard InChI is InChI=1S/C19H19ClO2/c20-17-10-6-16(7-11-17)9-13-19(22)14-18(21)12-8-15-4-2-1-3-5-15/h1-7,10-11H,8-9,12-14H2. The molecule has 0 radical (unpaired) electrons. The highest BCUT2D eigenvalue weighted by atomic mass is 35.5. The van der Waals surface area contributed by atoms with Crippen LogP contribution in [0.25, 0.3) is 0 Å². The molecule has 0 spiro atoms. The summed E-state index contributed by atoms with van der Waals surface area (Å²) in [5.74, 6) is 0.0259. The highest BCUT2D eigenvalue weighted by Gasteiger charge is 2.10. The average Bonchev–Trinajstić information content (AvgIpc) is 2.53. The van der Waals surface area contributed by atoms with Crippen LogP contribution in [0.15, 0.2) is 54.6 Å².